The second-order valence-electron chi connectivity index (χ2n) is 4.83. The number of nitrogens with one attached hydrogen (secondary N) is 1. The van der Waals surface area contributed by atoms with E-state index in [-0.39, 0.29) is 11.7 Å². The zero-order chi connectivity index (χ0) is 15.9. The quantitative estimate of drug-likeness (QED) is 0.796. The molecule has 0 heterocycles. The third kappa shape index (κ3) is 4.56. The standard InChI is InChI=1S/C17H17BrFNO2/c1-22-14-8-6-12(7-9-14)11-20-17(21)15(18)10-13-4-2-3-5-16(13)19/h2-9,15H,10-11H2,1H3,(H,20,21). The maximum absolute atomic E-state index is 13.6. The van der Waals surface area contributed by atoms with Crippen LogP contribution in [0.5, 0.6) is 5.75 Å². The molecule has 0 aromatic heterocycles. The summed E-state index contributed by atoms with van der Waals surface area (Å²) in [7, 11) is 1.61. The first-order chi connectivity index (χ1) is 10.6. The lowest BCUT2D eigenvalue weighted by Gasteiger charge is -2.12. The first kappa shape index (κ1) is 16.5. The highest BCUT2D eigenvalue weighted by atomic mass is 79.9. The molecule has 0 saturated heterocycles. The van der Waals surface area contributed by atoms with Crippen molar-refractivity contribution in [3.8, 4) is 5.75 Å². The van der Waals surface area contributed by atoms with Gasteiger partial charge in [0.25, 0.3) is 0 Å². The number of hydrogen-bond acceptors (Lipinski definition) is 2. The topological polar surface area (TPSA) is 38.3 Å². The summed E-state index contributed by atoms with van der Waals surface area (Å²) in [6.45, 7) is 0.419. The lowest BCUT2D eigenvalue weighted by molar-refractivity contribution is -0.120. The Bertz CT molecular complexity index is 631. The third-order valence-electron chi connectivity index (χ3n) is 3.27. The van der Waals surface area contributed by atoms with Gasteiger partial charge < -0.3 is 10.1 Å². The minimum absolute atomic E-state index is 0.168. The van der Waals surface area contributed by atoms with Gasteiger partial charge in [-0.3, -0.25) is 4.79 Å². The van der Waals surface area contributed by atoms with E-state index in [9.17, 15) is 9.18 Å². The largest absolute Gasteiger partial charge is 0.497 e. The molecule has 3 nitrogen and oxygen atoms in total. The molecular weight excluding hydrogens is 349 g/mol. The molecule has 2 aromatic carbocycles. The molecule has 0 bridgehead atoms. The fraction of sp³-hybridized carbons (Fsp3) is 0.235. The molecule has 0 spiro atoms. The number of hydrogen-bond donors (Lipinski definition) is 1. The van der Waals surface area contributed by atoms with E-state index >= 15 is 0 Å². The molecule has 1 N–H and O–H groups in total. The maximum atomic E-state index is 13.6. The van der Waals surface area contributed by atoms with E-state index in [4.69, 9.17) is 4.74 Å². The van der Waals surface area contributed by atoms with Crippen molar-refractivity contribution in [2.45, 2.75) is 17.8 Å². The van der Waals surface area contributed by atoms with Gasteiger partial charge >= 0.3 is 0 Å². The smallest absolute Gasteiger partial charge is 0.234 e. The molecule has 0 aliphatic heterocycles. The number of carbonyl (C=O) groups is 1. The molecule has 0 fully saturated rings. The maximum Gasteiger partial charge on any atom is 0.234 e. The van der Waals surface area contributed by atoms with E-state index in [1.807, 2.05) is 24.3 Å². The van der Waals surface area contributed by atoms with Crippen molar-refractivity contribution in [3.05, 3.63) is 65.5 Å². The van der Waals surface area contributed by atoms with Crippen molar-refractivity contribution in [2.75, 3.05) is 7.11 Å². The zero-order valence-electron chi connectivity index (χ0n) is 12.2. The average molecular weight is 366 g/mol. The number of benzene rings is 2. The van der Waals surface area contributed by atoms with E-state index < -0.39 is 4.83 Å². The summed E-state index contributed by atoms with van der Waals surface area (Å²) >= 11 is 3.31. The molecule has 22 heavy (non-hydrogen) atoms. The minimum atomic E-state index is -0.470. The van der Waals surface area contributed by atoms with Crippen LogP contribution in [0.25, 0.3) is 0 Å². The molecule has 0 saturated carbocycles. The van der Waals surface area contributed by atoms with Crippen LogP contribution in [-0.4, -0.2) is 17.8 Å². The Balaban J connectivity index is 1.87. The van der Waals surface area contributed by atoms with Crippen molar-refractivity contribution in [3.63, 3.8) is 0 Å². The minimum Gasteiger partial charge on any atom is -0.497 e. The summed E-state index contributed by atoms with van der Waals surface area (Å²) < 4.78 is 18.7. The molecule has 1 unspecified atom stereocenters. The van der Waals surface area contributed by atoms with Crippen LogP contribution in [0.15, 0.2) is 48.5 Å². The van der Waals surface area contributed by atoms with Gasteiger partial charge in [0.05, 0.1) is 11.9 Å². The molecular formula is C17H17BrFNO2. The molecule has 0 aliphatic carbocycles. The zero-order valence-corrected chi connectivity index (χ0v) is 13.8. The SMILES string of the molecule is COc1ccc(CNC(=O)C(Br)Cc2ccccc2F)cc1. The van der Waals surface area contributed by atoms with Crippen LogP contribution in [0.2, 0.25) is 0 Å². The molecule has 1 atom stereocenters. The number of halogens is 2. The van der Waals surface area contributed by atoms with Crippen molar-refractivity contribution in [1.29, 1.82) is 0 Å². The molecule has 2 rings (SSSR count). The lowest BCUT2D eigenvalue weighted by Crippen LogP contribution is -2.32. The van der Waals surface area contributed by atoms with Crippen LogP contribution >= 0.6 is 15.9 Å². The first-order valence-electron chi connectivity index (χ1n) is 6.88. The van der Waals surface area contributed by atoms with E-state index in [2.05, 4.69) is 21.2 Å². The molecule has 1 amide bonds. The lowest BCUT2D eigenvalue weighted by atomic mass is 10.1. The normalized spacial score (nSPS) is 11.8. The van der Waals surface area contributed by atoms with E-state index in [1.165, 1.54) is 6.07 Å². The van der Waals surface area contributed by atoms with Crippen LogP contribution in [0.1, 0.15) is 11.1 Å². The predicted octanol–water partition coefficient (Wildman–Crippen LogP) is 3.46. The van der Waals surface area contributed by atoms with Crippen LogP contribution in [0.3, 0.4) is 0 Å². The second kappa shape index (κ2) is 7.94. The van der Waals surface area contributed by atoms with Gasteiger partial charge in [-0.1, -0.05) is 46.3 Å². The molecule has 2 aromatic rings. The summed E-state index contributed by atoms with van der Waals surface area (Å²) in [4.78, 5) is 11.6. The number of amides is 1. The summed E-state index contributed by atoms with van der Waals surface area (Å²) in [5.41, 5.74) is 1.49. The molecule has 0 radical (unpaired) electrons. The molecule has 0 aliphatic rings. The van der Waals surface area contributed by atoms with Gasteiger partial charge in [0, 0.05) is 6.54 Å². The van der Waals surface area contributed by atoms with E-state index in [0.717, 1.165) is 11.3 Å². The summed E-state index contributed by atoms with van der Waals surface area (Å²) in [6.07, 6.45) is 0.307. The Hall–Kier alpha value is -1.88. The van der Waals surface area contributed by atoms with Crippen LogP contribution < -0.4 is 10.1 Å². The number of alkyl halides is 1. The number of ether oxygens (including phenoxy) is 1. The number of methoxy groups -OCH3 is 1. The Labute approximate surface area is 137 Å². The predicted molar refractivity (Wildman–Crippen MR) is 87.7 cm³/mol. The van der Waals surface area contributed by atoms with Crippen LogP contribution in [0, 0.1) is 5.82 Å². The summed E-state index contributed by atoms with van der Waals surface area (Å²) in [6, 6.07) is 13.9. The Morgan fingerprint density at radius 1 is 1.23 bits per heavy atom. The monoisotopic (exact) mass is 365 g/mol. The van der Waals surface area contributed by atoms with E-state index in [0.29, 0.717) is 18.5 Å². The fourth-order valence-corrected chi connectivity index (χ4v) is 2.50. The van der Waals surface area contributed by atoms with Crippen molar-refractivity contribution in [2.24, 2.45) is 0 Å². The Morgan fingerprint density at radius 2 is 1.91 bits per heavy atom. The highest BCUT2D eigenvalue weighted by Crippen LogP contribution is 2.15. The van der Waals surface area contributed by atoms with Gasteiger partial charge in [-0.05, 0) is 35.7 Å². The van der Waals surface area contributed by atoms with Gasteiger partial charge in [-0.2, -0.15) is 0 Å². The number of carbonyl (C=O) groups excluding carboxylic acids is 1. The van der Waals surface area contributed by atoms with Crippen molar-refractivity contribution in [1.82, 2.24) is 5.32 Å². The third-order valence-corrected chi connectivity index (χ3v) is 4.01. The molecule has 116 valence electrons. The van der Waals surface area contributed by atoms with Crippen molar-refractivity contribution >= 4 is 21.8 Å². The Kier molecular flexibility index (Phi) is 5.95. The number of rotatable bonds is 6. The molecule has 5 heteroatoms. The van der Waals surface area contributed by atoms with Gasteiger partial charge in [-0.15, -0.1) is 0 Å². The summed E-state index contributed by atoms with van der Waals surface area (Å²) in [5.74, 6) is 0.307. The van der Waals surface area contributed by atoms with Crippen LogP contribution in [0.4, 0.5) is 4.39 Å². The highest BCUT2D eigenvalue weighted by molar-refractivity contribution is 9.10. The van der Waals surface area contributed by atoms with Crippen LogP contribution in [-0.2, 0) is 17.8 Å². The van der Waals surface area contributed by atoms with Gasteiger partial charge in [0.1, 0.15) is 11.6 Å². The summed E-state index contributed by atoms with van der Waals surface area (Å²) in [5, 5.41) is 2.83. The van der Waals surface area contributed by atoms with Gasteiger partial charge in [0.15, 0.2) is 0 Å². The van der Waals surface area contributed by atoms with Crippen molar-refractivity contribution < 1.29 is 13.9 Å². The average Bonchev–Trinajstić information content (AvgIpc) is 2.55. The van der Waals surface area contributed by atoms with Gasteiger partial charge in [-0.25, -0.2) is 4.39 Å². The first-order valence-corrected chi connectivity index (χ1v) is 7.80. The second-order valence-corrected chi connectivity index (χ2v) is 5.93. The van der Waals surface area contributed by atoms with E-state index in [1.54, 1.807) is 25.3 Å². The van der Waals surface area contributed by atoms with Gasteiger partial charge in [0.2, 0.25) is 5.91 Å². The fourth-order valence-electron chi connectivity index (χ4n) is 1.99. The highest BCUT2D eigenvalue weighted by Gasteiger charge is 2.16. The Morgan fingerprint density at radius 3 is 2.55 bits per heavy atom.